The quantitative estimate of drug-likeness (QED) is 0.454. The minimum Gasteiger partial charge on any atom is -0.480 e. The van der Waals surface area contributed by atoms with E-state index in [1.807, 2.05) is 6.92 Å². The van der Waals surface area contributed by atoms with E-state index in [1.54, 1.807) is 13.8 Å². The van der Waals surface area contributed by atoms with Crippen LogP contribution in [0.2, 0.25) is 0 Å². The molecule has 3 heteroatoms. The number of unbranched alkanes of at least 4 members (excludes halogenated alkanes) is 9. The molecule has 0 bridgehead atoms. The van der Waals surface area contributed by atoms with Crippen LogP contribution in [0.15, 0.2) is 0 Å². The Hall–Kier alpha value is -0.570. The smallest absolute Gasteiger partial charge is 0.323 e. The second-order valence-electron chi connectivity index (χ2n) is 6.63. The van der Waals surface area contributed by atoms with E-state index in [0.29, 0.717) is 0 Å². The van der Waals surface area contributed by atoms with Crippen LogP contribution in [0.5, 0.6) is 0 Å². The van der Waals surface area contributed by atoms with Gasteiger partial charge in [-0.05, 0) is 33.4 Å². The summed E-state index contributed by atoms with van der Waals surface area (Å²) in [5, 5.41) is 9.26. The van der Waals surface area contributed by atoms with Crippen molar-refractivity contribution in [3.63, 3.8) is 0 Å². The van der Waals surface area contributed by atoms with Crippen LogP contribution in [0.3, 0.4) is 0 Å². The molecule has 0 unspecified atom stereocenters. The number of aliphatic carboxylic acids is 1. The lowest BCUT2D eigenvalue weighted by Gasteiger charge is -2.34. The molecule has 0 fully saturated rings. The van der Waals surface area contributed by atoms with Crippen molar-refractivity contribution in [2.45, 2.75) is 97.4 Å². The molecule has 0 saturated heterocycles. The lowest BCUT2D eigenvalue weighted by Crippen LogP contribution is -2.50. The predicted octanol–water partition coefficient (Wildman–Crippen LogP) is 5.09. The van der Waals surface area contributed by atoms with Crippen LogP contribution in [0.4, 0.5) is 0 Å². The van der Waals surface area contributed by atoms with Gasteiger partial charge in [-0.3, -0.25) is 9.69 Å². The van der Waals surface area contributed by atoms with E-state index in [9.17, 15) is 9.90 Å². The summed E-state index contributed by atoms with van der Waals surface area (Å²) in [6.45, 7) is 9.60. The van der Waals surface area contributed by atoms with Gasteiger partial charge >= 0.3 is 5.97 Å². The van der Waals surface area contributed by atoms with Crippen molar-refractivity contribution in [3.05, 3.63) is 0 Å². The normalized spacial score (nSPS) is 12.0. The Balaban J connectivity index is 3.59. The predicted molar refractivity (Wildman–Crippen MR) is 90.8 cm³/mol. The number of carboxylic acid groups (broad SMARTS) is 1. The molecule has 0 atom stereocenters. The zero-order chi connectivity index (χ0) is 16.1. The first kappa shape index (κ1) is 20.4. The second-order valence-corrected chi connectivity index (χ2v) is 6.63. The third kappa shape index (κ3) is 9.13. The van der Waals surface area contributed by atoms with Crippen molar-refractivity contribution in [1.82, 2.24) is 4.90 Å². The maximum absolute atomic E-state index is 11.3. The average molecular weight is 299 g/mol. The van der Waals surface area contributed by atoms with Gasteiger partial charge in [0.05, 0.1) is 0 Å². The summed E-state index contributed by atoms with van der Waals surface area (Å²) in [5.74, 6) is -0.726. The highest BCUT2D eigenvalue weighted by molar-refractivity contribution is 5.77. The molecule has 1 N–H and O–H groups in total. The summed E-state index contributed by atoms with van der Waals surface area (Å²) in [6.07, 6.45) is 13.2. The highest BCUT2D eigenvalue weighted by Gasteiger charge is 2.32. The zero-order valence-electron chi connectivity index (χ0n) is 14.8. The molecule has 0 radical (unpaired) electrons. The van der Waals surface area contributed by atoms with E-state index < -0.39 is 11.5 Å². The van der Waals surface area contributed by atoms with Crippen LogP contribution < -0.4 is 0 Å². The minimum atomic E-state index is -0.742. The number of hydrogen-bond donors (Lipinski definition) is 1. The molecular weight excluding hydrogens is 262 g/mol. The van der Waals surface area contributed by atoms with E-state index in [0.717, 1.165) is 19.5 Å². The van der Waals surface area contributed by atoms with Crippen molar-refractivity contribution in [3.8, 4) is 0 Å². The third-order valence-corrected chi connectivity index (χ3v) is 4.48. The Morgan fingerprint density at radius 2 is 1.29 bits per heavy atom. The monoisotopic (exact) mass is 299 g/mol. The van der Waals surface area contributed by atoms with Crippen LogP contribution in [-0.4, -0.2) is 34.6 Å². The molecule has 0 aromatic rings. The molecule has 0 aliphatic rings. The number of carbonyl (C=O) groups is 1. The standard InChI is InChI=1S/C18H37NO2/c1-5-7-8-9-10-11-12-13-14-15-16-19(6-2)18(3,4)17(20)21/h5-16H2,1-4H3,(H,20,21). The van der Waals surface area contributed by atoms with Gasteiger partial charge in [-0.25, -0.2) is 0 Å². The van der Waals surface area contributed by atoms with Crippen LogP contribution >= 0.6 is 0 Å². The van der Waals surface area contributed by atoms with Crippen molar-refractivity contribution < 1.29 is 9.90 Å². The number of nitrogens with zero attached hydrogens (tertiary/aromatic N) is 1. The molecular formula is C18H37NO2. The van der Waals surface area contributed by atoms with Crippen molar-refractivity contribution >= 4 is 5.97 Å². The molecule has 0 saturated carbocycles. The van der Waals surface area contributed by atoms with Gasteiger partial charge in [0.1, 0.15) is 5.54 Å². The second kappa shape index (κ2) is 12.0. The van der Waals surface area contributed by atoms with Crippen LogP contribution in [0.1, 0.15) is 91.9 Å². The molecule has 0 rings (SSSR count). The summed E-state index contributed by atoms with van der Waals surface area (Å²) in [5.41, 5.74) is -0.742. The van der Waals surface area contributed by atoms with Gasteiger partial charge in [-0.1, -0.05) is 71.6 Å². The molecule has 0 spiro atoms. The first-order chi connectivity index (χ1) is 9.96. The van der Waals surface area contributed by atoms with Gasteiger partial charge in [0.15, 0.2) is 0 Å². The van der Waals surface area contributed by atoms with Gasteiger partial charge < -0.3 is 5.11 Å². The summed E-state index contributed by atoms with van der Waals surface area (Å²) in [4.78, 5) is 13.3. The molecule has 0 aromatic heterocycles. The third-order valence-electron chi connectivity index (χ3n) is 4.48. The summed E-state index contributed by atoms with van der Waals surface area (Å²) in [7, 11) is 0. The van der Waals surface area contributed by atoms with Gasteiger partial charge in [-0.2, -0.15) is 0 Å². The molecule has 21 heavy (non-hydrogen) atoms. The molecule has 3 nitrogen and oxygen atoms in total. The van der Waals surface area contributed by atoms with Crippen LogP contribution in [0, 0.1) is 0 Å². The Morgan fingerprint density at radius 3 is 1.67 bits per heavy atom. The van der Waals surface area contributed by atoms with Gasteiger partial charge in [0.2, 0.25) is 0 Å². The number of hydrogen-bond acceptors (Lipinski definition) is 2. The average Bonchev–Trinajstić information content (AvgIpc) is 2.44. The van der Waals surface area contributed by atoms with Crippen LogP contribution in [-0.2, 0) is 4.79 Å². The molecule has 0 amide bonds. The molecule has 0 aliphatic heterocycles. The highest BCUT2D eigenvalue weighted by Crippen LogP contribution is 2.16. The van der Waals surface area contributed by atoms with Crippen molar-refractivity contribution in [2.75, 3.05) is 13.1 Å². The highest BCUT2D eigenvalue weighted by atomic mass is 16.4. The summed E-state index contributed by atoms with van der Waals surface area (Å²) < 4.78 is 0. The Morgan fingerprint density at radius 1 is 0.857 bits per heavy atom. The maximum atomic E-state index is 11.3. The zero-order valence-corrected chi connectivity index (χ0v) is 14.8. The minimum absolute atomic E-state index is 0.726. The summed E-state index contributed by atoms with van der Waals surface area (Å²) >= 11 is 0. The Labute approximate surface area is 132 Å². The van der Waals surface area contributed by atoms with Gasteiger partial charge in [-0.15, -0.1) is 0 Å². The maximum Gasteiger partial charge on any atom is 0.323 e. The molecule has 0 heterocycles. The first-order valence-corrected chi connectivity index (χ1v) is 8.95. The fraction of sp³-hybridized carbons (Fsp3) is 0.944. The van der Waals surface area contributed by atoms with E-state index >= 15 is 0 Å². The fourth-order valence-corrected chi connectivity index (χ4v) is 2.76. The topological polar surface area (TPSA) is 40.5 Å². The van der Waals surface area contributed by atoms with E-state index in [-0.39, 0.29) is 0 Å². The summed E-state index contributed by atoms with van der Waals surface area (Å²) in [6, 6.07) is 0. The molecule has 0 aromatic carbocycles. The van der Waals surface area contributed by atoms with Crippen LogP contribution in [0.25, 0.3) is 0 Å². The van der Waals surface area contributed by atoms with Crippen molar-refractivity contribution in [2.24, 2.45) is 0 Å². The van der Waals surface area contributed by atoms with Crippen molar-refractivity contribution in [1.29, 1.82) is 0 Å². The molecule has 0 aliphatic carbocycles. The van der Waals surface area contributed by atoms with Gasteiger partial charge in [0.25, 0.3) is 0 Å². The largest absolute Gasteiger partial charge is 0.480 e. The SMILES string of the molecule is CCCCCCCCCCCCN(CC)C(C)(C)C(=O)O. The first-order valence-electron chi connectivity index (χ1n) is 8.95. The number of rotatable bonds is 14. The number of likely N-dealkylation sites (N-methyl/N-ethyl adjacent to an activating group) is 1. The van der Waals surface area contributed by atoms with E-state index in [2.05, 4.69) is 11.8 Å². The fourth-order valence-electron chi connectivity index (χ4n) is 2.76. The Bertz CT molecular complexity index is 264. The Kier molecular flexibility index (Phi) is 11.7. The van der Waals surface area contributed by atoms with E-state index in [1.165, 1.54) is 57.8 Å². The molecule has 126 valence electrons. The lowest BCUT2D eigenvalue weighted by molar-refractivity contribution is -0.149. The van der Waals surface area contributed by atoms with Gasteiger partial charge in [0, 0.05) is 0 Å². The van der Waals surface area contributed by atoms with E-state index in [4.69, 9.17) is 0 Å². The lowest BCUT2D eigenvalue weighted by atomic mass is 10.0. The number of carboxylic acids is 1.